The zero-order valence-corrected chi connectivity index (χ0v) is 13.0. The first-order chi connectivity index (χ1) is 9.42. The lowest BCUT2D eigenvalue weighted by Gasteiger charge is -2.32. The highest BCUT2D eigenvalue weighted by Gasteiger charge is 2.28. The summed E-state index contributed by atoms with van der Waals surface area (Å²) in [4.78, 5) is 5.47. The molecule has 1 N–H and O–H groups in total. The molecule has 2 atom stereocenters. The third-order valence-electron chi connectivity index (χ3n) is 4.95. The molecule has 0 radical (unpaired) electrons. The summed E-state index contributed by atoms with van der Waals surface area (Å²) in [6, 6.07) is 1.64. The van der Waals surface area contributed by atoms with Crippen molar-refractivity contribution in [3.63, 3.8) is 0 Å². The zero-order chi connectivity index (χ0) is 12.9. The Bertz CT molecular complexity index is 262. The number of hydrogen-bond donors (Lipinski definition) is 1. The first kappa shape index (κ1) is 14.2. The van der Waals surface area contributed by atoms with Crippen molar-refractivity contribution in [3.05, 3.63) is 0 Å². The first-order valence-electron chi connectivity index (χ1n) is 8.19. The Morgan fingerprint density at radius 1 is 1.11 bits per heavy atom. The predicted octanol–water partition coefficient (Wildman–Crippen LogP) is 1.64. The van der Waals surface area contributed by atoms with Crippen LogP contribution in [0, 0.1) is 0 Å². The fourth-order valence-electron chi connectivity index (χ4n) is 3.74. The maximum Gasteiger partial charge on any atom is 0.0235 e. The quantitative estimate of drug-likeness (QED) is 0.845. The van der Waals surface area contributed by atoms with Crippen LogP contribution in [0.25, 0.3) is 0 Å². The number of thioether (sulfide) groups is 1. The molecule has 0 aromatic rings. The van der Waals surface area contributed by atoms with Gasteiger partial charge in [-0.25, -0.2) is 0 Å². The van der Waals surface area contributed by atoms with Gasteiger partial charge in [0.05, 0.1) is 0 Å². The van der Waals surface area contributed by atoms with E-state index < -0.39 is 0 Å². The molecule has 110 valence electrons. The molecule has 3 heterocycles. The minimum atomic E-state index is 0.771. The van der Waals surface area contributed by atoms with Gasteiger partial charge < -0.3 is 10.2 Å². The molecule has 0 aromatic heterocycles. The molecule has 0 bridgehead atoms. The molecule has 19 heavy (non-hydrogen) atoms. The van der Waals surface area contributed by atoms with Gasteiger partial charge in [0.15, 0.2) is 0 Å². The topological polar surface area (TPSA) is 18.5 Å². The van der Waals surface area contributed by atoms with E-state index in [1.807, 2.05) is 0 Å². The Balaban J connectivity index is 1.36. The van der Waals surface area contributed by atoms with Crippen molar-refractivity contribution in [2.75, 3.05) is 50.8 Å². The average molecular weight is 283 g/mol. The monoisotopic (exact) mass is 283 g/mol. The van der Waals surface area contributed by atoms with E-state index in [0.717, 1.165) is 12.1 Å². The van der Waals surface area contributed by atoms with Gasteiger partial charge in [-0.15, -0.1) is 0 Å². The van der Waals surface area contributed by atoms with Crippen LogP contribution >= 0.6 is 11.8 Å². The molecule has 3 aliphatic heterocycles. The Labute approximate surface area is 122 Å². The van der Waals surface area contributed by atoms with Crippen LogP contribution in [0.4, 0.5) is 0 Å². The number of rotatable bonds is 4. The lowest BCUT2D eigenvalue weighted by Crippen LogP contribution is -2.42. The minimum Gasteiger partial charge on any atom is -0.312 e. The highest BCUT2D eigenvalue weighted by Crippen LogP contribution is 2.21. The zero-order valence-electron chi connectivity index (χ0n) is 12.1. The Morgan fingerprint density at radius 3 is 2.79 bits per heavy atom. The molecule has 0 saturated carbocycles. The molecule has 3 nitrogen and oxygen atoms in total. The fourth-order valence-corrected chi connectivity index (χ4v) is 4.74. The molecule has 3 saturated heterocycles. The molecule has 3 aliphatic rings. The van der Waals surface area contributed by atoms with Gasteiger partial charge in [-0.05, 0) is 51.9 Å². The van der Waals surface area contributed by atoms with Gasteiger partial charge in [-0.3, -0.25) is 4.90 Å². The first-order valence-corrected chi connectivity index (χ1v) is 9.35. The van der Waals surface area contributed by atoms with E-state index in [2.05, 4.69) is 26.9 Å². The number of likely N-dealkylation sites (tertiary alicyclic amines) is 2. The van der Waals surface area contributed by atoms with Gasteiger partial charge >= 0.3 is 0 Å². The van der Waals surface area contributed by atoms with E-state index in [0.29, 0.717) is 0 Å². The van der Waals surface area contributed by atoms with Gasteiger partial charge in [-0.1, -0.05) is 6.42 Å². The van der Waals surface area contributed by atoms with Crippen molar-refractivity contribution in [1.29, 1.82) is 0 Å². The van der Waals surface area contributed by atoms with E-state index >= 15 is 0 Å². The summed E-state index contributed by atoms with van der Waals surface area (Å²) in [6.07, 6.45) is 7.07. The van der Waals surface area contributed by atoms with Crippen molar-refractivity contribution < 1.29 is 0 Å². The molecule has 4 heteroatoms. The van der Waals surface area contributed by atoms with E-state index in [-0.39, 0.29) is 0 Å². The summed E-state index contributed by atoms with van der Waals surface area (Å²) >= 11 is 2.12. The van der Waals surface area contributed by atoms with Crippen molar-refractivity contribution in [1.82, 2.24) is 15.1 Å². The van der Waals surface area contributed by atoms with Gasteiger partial charge in [0.25, 0.3) is 0 Å². The molecule has 0 spiro atoms. The van der Waals surface area contributed by atoms with Crippen LogP contribution in [0.2, 0.25) is 0 Å². The van der Waals surface area contributed by atoms with E-state index in [1.54, 1.807) is 0 Å². The van der Waals surface area contributed by atoms with E-state index in [4.69, 9.17) is 0 Å². The van der Waals surface area contributed by atoms with Crippen molar-refractivity contribution in [3.8, 4) is 0 Å². The third-order valence-corrected chi connectivity index (χ3v) is 6.08. The van der Waals surface area contributed by atoms with Crippen molar-refractivity contribution in [2.45, 2.75) is 44.2 Å². The lowest BCUT2D eigenvalue weighted by molar-refractivity contribution is 0.161. The van der Waals surface area contributed by atoms with Crippen LogP contribution in [-0.2, 0) is 0 Å². The summed E-state index contributed by atoms with van der Waals surface area (Å²) in [7, 11) is 0. The highest BCUT2D eigenvalue weighted by molar-refractivity contribution is 7.99. The third kappa shape index (κ3) is 4.10. The minimum absolute atomic E-state index is 0.771. The van der Waals surface area contributed by atoms with E-state index in [9.17, 15) is 0 Å². The van der Waals surface area contributed by atoms with Gasteiger partial charge in [0.1, 0.15) is 0 Å². The van der Waals surface area contributed by atoms with Gasteiger partial charge in [0.2, 0.25) is 0 Å². The molecule has 3 fully saturated rings. The molecule has 0 aromatic carbocycles. The maximum absolute atomic E-state index is 3.66. The van der Waals surface area contributed by atoms with Crippen LogP contribution in [0.1, 0.15) is 32.1 Å². The summed E-state index contributed by atoms with van der Waals surface area (Å²) in [6.45, 7) is 7.91. The molecular weight excluding hydrogens is 254 g/mol. The summed E-state index contributed by atoms with van der Waals surface area (Å²) in [5, 5.41) is 3.66. The van der Waals surface area contributed by atoms with Crippen LogP contribution in [0.15, 0.2) is 0 Å². The normalized spacial score (nSPS) is 34.7. The SMILES string of the molecule is C1CCN(C2CCN(CCC3CSCCN3)C2)CC1. The molecule has 2 unspecified atom stereocenters. The molecule has 3 rings (SSSR count). The summed E-state index contributed by atoms with van der Waals surface area (Å²) in [5.74, 6) is 2.63. The van der Waals surface area contributed by atoms with Gasteiger partial charge in [0, 0.05) is 36.7 Å². The van der Waals surface area contributed by atoms with Gasteiger partial charge in [-0.2, -0.15) is 11.8 Å². The smallest absolute Gasteiger partial charge is 0.0235 e. The Kier molecular flexibility index (Phi) is 5.45. The lowest BCUT2D eigenvalue weighted by atomic mass is 10.1. The summed E-state index contributed by atoms with van der Waals surface area (Å²) < 4.78 is 0. The largest absolute Gasteiger partial charge is 0.312 e. The van der Waals surface area contributed by atoms with Crippen LogP contribution in [0.5, 0.6) is 0 Å². The fraction of sp³-hybridized carbons (Fsp3) is 1.00. The van der Waals surface area contributed by atoms with Crippen LogP contribution < -0.4 is 5.32 Å². The van der Waals surface area contributed by atoms with Crippen LogP contribution in [0.3, 0.4) is 0 Å². The van der Waals surface area contributed by atoms with E-state index in [1.165, 1.54) is 82.9 Å². The average Bonchev–Trinajstić information content (AvgIpc) is 2.96. The predicted molar refractivity (Wildman–Crippen MR) is 84.0 cm³/mol. The molecule has 0 amide bonds. The Hall–Kier alpha value is 0.230. The molecular formula is C15H29N3S. The maximum atomic E-state index is 3.66. The number of nitrogens with one attached hydrogen (secondary N) is 1. The number of nitrogens with zero attached hydrogens (tertiary/aromatic N) is 2. The number of hydrogen-bond acceptors (Lipinski definition) is 4. The second kappa shape index (κ2) is 7.30. The Morgan fingerprint density at radius 2 is 2.00 bits per heavy atom. The number of piperidine rings is 1. The van der Waals surface area contributed by atoms with Crippen molar-refractivity contribution >= 4 is 11.8 Å². The van der Waals surface area contributed by atoms with Crippen LogP contribution in [-0.4, -0.2) is 72.7 Å². The summed E-state index contributed by atoms with van der Waals surface area (Å²) in [5.41, 5.74) is 0. The molecule has 0 aliphatic carbocycles. The second-order valence-electron chi connectivity index (χ2n) is 6.35. The standard InChI is InChI=1S/C15H29N3S/c1-2-7-18(8-3-1)15-5-10-17(12-15)9-4-14-13-19-11-6-16-14/h14-16H,1-13H2. The second-order valence-corrected chi connectivity index (χ2v) is 7.50. The highest BCUT2D eigenvalue weighted by atomic mass is 32.2. The van der Waals surface area contributed by atoms with Crippen molar-refractivity contribution in [2.24, 2.45) is 0 Å².